The Labute approximate surface area is 186 Å². The van der Waals surface area contributed by atoms with E-state index in [9.17, 15) is 0 Å². The summed E-state index contributed by atoms with van der Waals surface area (Å²) in [5.74, 6) is 1.66. The van der Waals surface area contributed by atoms with Gasteiger partial charge < -0.3 is 25.0 Å². The molecule has 2 aromatic rings. The Hall–Kier alpha value is -2.99. The van der Waals surface area contributed by atoms with Crippen molar-refractivity contribution in [1.29, 1.82) is 0 Å². The van der Waals surface area contributed by atoms with Gasteiger partial charge in [0, 0.05) is 45.1 Å². The first-order valence-electron chi connectivity index (χ1n) is 11.0. The fraction of sp³-hybridized carbons (Fsp3) is 0.400. The fourth-order valence-electron chi connectivity index (χ4n) is 3.30. The van der Waals surface area contributed by atoms with Gasteiger partial charge in [0.25, 0.3) is 0 Å². The van der Waals surface area contributed by atoms with Crippen LogP contribution in [-0.4, -0.2) is 45.9 Å². The number of methoxy groups -OCH3 is 1. The van der Waals surface area contributed by atoms with Crippen LogP contribution in [0.25, 0.3) is 0 Å². The Bertz CT molecular complexity index is 824. The highest BCUT2D eigenvalue weighted by molar-refractivity contribution is 5.79. The van der Waals surface area contributed by atoms with Crippen molar-refractivity contribution in [1.82, 2.24) is 10.6 Å². The van der Waals surface area contributed by atoms with Crippen LogP contribution in [-0.2, 0) is 17.8 Å². The monoisotopic (exact) mass is 422 g/mol. The largest absolute Gasteiger partial charge is 0.497 e. The maximum Gasteiger partial charge on any atom is 0.191 e. The van der Waals surface area contributed by atoms with Crippen LogP contribution in [0.4, 0.5) is 5.69 Å². The van der Waals surface area contributed by atoms with Gasteiger partial charge in [0.15, 0.2) is 5.96 Å². The van der Waals surface area contributed by atoms with Crippen molar-refractivity contribution in [2.45, 2.75) is 26.4 Å². The lowest BCUT2D eigenvalue weighted by molar-refractivity contribution is 0.145. The van der Waals surface area contributed by atoms with E-state index in [4.69, 9.17) is 14.5 Å². The van der Waals surface area contributed by atoms with Crippen molar-refractivity contribution in [2.24, 2.45) is 4.99 Å². The Morgan fingerprint density at radius 1 is 0.968 bits per heavy atom. The molecule has 6 heteroatoms. The van der Waals surface area contributed by atoms with E-state index in [2.05, 4.69) is 52.0 Å². The summed E-state index contributed by atoms with van der Waals surface area (Å²) in [6, 6.07) is 16.7. The van der Waals surface area contributed by atoms with Gasteiger partial charge in [0.05, 0.1) is 13.7 Å². The summed E-state index contributed by atoms with van der Waals surface area (Å²) in [6.45, 7) is 7.64. The molecular weight excluding hydrogens is 388 g/mol. The minimum atomic E-state index is 0.603. The lowest BCUT2D eigenvalue weighted by atomic mass is 10.2. The number of hydrogen-bond donors (Lipinski definition) is 2. The van der Waals surface area contributed by atoms with Crippen LogP contribution in [0.15, 0.2) is 65.7 Å². The van der Waals surface area contributed by atoms with E-state index in [-0.39, 0.29) is 0 Å². The lowest BCUT2D eigenvalue weighted by Crippen LogP contribution is -2.37. The molecule has 3 rings (SSSR count). The van der Waals surface area contributed by atoms with Crippen molar-refractivity contribution in [3.63, 3.8) is 0 Å². The number of benzene rings is 2. The molecule has 1 aliphatic rings. The molecule has 6 nitrogen and oxygen atoms in total. The Balaban J connectivity index is 1.55. The molecule has 2 aromatic carbocycles. The minimum absolute atomic E-state index is 0.603. The van der Waals surface area contributed by atoms with E-state index in [1.165, 1.54) is 11.3 Å². The summed E-state index contributed by atoms with van der Waals surface area (Å²) in [6.07, 6.45) is 5.35. The van der Waals surface area contributed by atoms with Gasteiger partial charge in [-0.2, -0.15) is 0 Å². The number of nitrogens with zero attached hydrogens (tertiary/aromatic N) is 2. The summed E-state index contributed by atoms with van der Waals surface area (Å²) >= 11 is 0. The van der Waals surface area contributed by atoms with Crippen LogP contribution in [0.2, 0.25) is 0 Å². The molecule has 1 heterocycles. The van der Waals surface area contributed by atoms with Crippen LogP contribution >= 0.6 is 0 Å². The number of guanidine groups is 1. The van der Waals surface area contributed by atoms with Crippen LogP contribution in [0.1, 0.15) is 24.5 Å². The Kier molecular flexibility index (Phi) is 9.26. The third-order valence-corrected chi connectivity index (χ3v) is 5.12. The third kappa shape index (κ3) is 7.64. The number of hydrogen-bond acceptors (Lipinski definition) is 4. The number of rotatable bonds is 11. The van der Waals surface area contributed by atoms with Gasteiger partial charge in [-0.05, 0) is 48.7 Å². The maximum atomic E-state index is 5.43. The standard InChI is InChI=1S/C25H34N4O2/c1-3-31-18-6-15-26-25(28-20-22-9-13-24(30-2)14-10-22)27-19-21-7-11-23(12-8-21)29-16-4-5-17-29/h4-5,7-14H,3,6,15-20H2,1-2H3,(H2,26,27,28). The van der Waals surface area contributed by atoms with Gasteiger partial charge in [-0.1, -0.05) is 36.4 Å². The molecule has 0 fully saturated rings. The van der Waals surface area contributed by atoms with Crippen molar-refractivity contribution in [3.05, 3.63) is 71.8 Å². The number of aliphatic imine (C=N–C) groups is 1. The average Bonchev–Trinajstić information content (AvgIpc) is 3.36. The van der Waals surface area contributed by atoms with Crippen molar-refractivity contribution in [2.75, 3.05) is 44.9 Å². The van der Waals surface area contributed by atoms with Gasteiger partial charge in [0.1, 0.15) is 5.75 Å². The lowest BCUT2D eigenvalue weighted by Gasteiger charge is -2.18. The van der Waals surface area contributed by atoms with E-state index in [0.717, 1.165) is 63.1 Å². The summed E-state index contributed by atoms with van der Waals surface area (Å²) in [5, 5.41) is 6.87. The van der Waals surface area contributed by atoms with Gasteiger partial charge in [-0.3, -0.25) is 0 Å². The second-order valence-corrected chi connectivity index (χ2v) is 7.39. The molecule has 0 aromatic heterocycles. The fourth-order valence-corrected chi connectivity index (χ4v) is 3.30. The van der Waals surface area contributed by atoms with Gasteiger partial charge >= 0.3 is 0 Å². The number of anilines is 1. The van der Waals surface area contributed by atoms with E-state index >= 15 is 0 Å². The minimum Gasteiger partial charge on any atom is -0.497 e. The second-order valence-electron chi connectivity index (χ2n) is 7.39. The third-order valence-electron chi connectivity index (χ3n) is 5.12. The molecule has 0 atom stereocenters. The predicted octanol–water partition coefficient (Wildman–Crippen LogP) is 3.73. The highest BCUT2D eigenvalue weighted by Gasteiger charge is 2.07. The van der Waals surface area contributed by atoms with Gasteiger partial charge in [-0.25, -0.2) is 4.99 Å². The molecular formula is C25H34N4O2. The van der Waals surface area contributed by atoms with Gasteiger partial charge in [-0.15, -0.1) is 0 Å². The second kappa shape index (κ2) is 12.6. The molecule has 0 saturated carbocycles. The number of nitrogens with one attached hydrogen (secondary N) is 2. The summed E-state index contributed by atoms with van der Waals surface area (Å²) in [5.41, 5.74) is 3.63. The number of ether oxygens (including phenoxy) is 2. The average molecular weight is 423 g/mol. The molecule has 0 bridgehead atoms. The Morgan fingerprint density at radius 2 is 1.68 bits per heavy atom. The van der Waals surface area contributed by atoms with E-state index in [0.29, 0.717) is 6.54 Å². The molecule has 0 radical (unpaired) electrons. The van der Waals surface area contributed by atoms with Gasteiger partial charge in [0.2, 0.25) is 0 Å². The first-order chi connectivity index (χ1) is 15.3. The van der Waals surface area contributed by atoms with Crippen LogP contribution in [0.3, 0.4) is 0 Å². The van der Waals surface area contributed by atoms with Crippen molar-refractivity contribution >= 4 is 11.6 Å². The molecule has 0 amide bonds. The van der Waals surface area contributed by atoms with Crippen molar-refractivity contribution < 1.29 is 9.47 Å². The SMILES string of the molecule is CCOCCCNC(=NCc1ccc(OC)cc1)NCc1ccc(N2CC=CC2)cc1. The molecule has 1 aliphatic heterocycles. The van der Waals surface area contributed by atoms with Crippen LogP contribution in [0.5, 0.6) is 5.75 Å². The zero-order chi connectivity index (χ0) is 21.7. The predicted molar refractivity (Wildman–Crippen MR) is 128 cm³/mol. The summed E-state index contributed by atoms with van der Waals surface area (Å²) in [4.78, 5) is 7.11. The van der Waals surface area contributed by atoms with Crippen LogP contribution in [0, 0.1) is 0 Å². The molecule has 0 spiro atoms. The quantitative estimate of drug-likeness (QED) is 0.250. The van der Waals surface area contributed by atoms with Crippen LogP contribution < -0.4 is 20.3 Å². The van der Waals surface area contributed by atoms with E-state index in [1.54, 1.807) is 7.11 Å². The molecule has 166 valence electrons. The molecule has 0 saturated heterocycles. The first-order valence-corrected chi connectivity index (χ1v) is 11.0. The molecule has 0 unspecified atom stereocenters. The molecule has 0 aliphatic carbocycles. The highest BCUT2D eigenvalue weighted by Crippen LogP contribution is 2.17. The first kappa shape index (κ1) is 22.7. The van der Waals surface area contributed by atoms with E-state index in [1.807, 2.05) is 31.2 Å². The smallest absolute Gasteiger partial charge is 0.191 e. The zero-order valence-corrected chi connectivity index (χ0v) is 18.6. The zero-order valence-electron chi connectivity index (χ0n) is 18.6. The Morgan fingerprint density at radius 3 is 2.35 bits per heavy atom. The maximum absolute atomic E-state index is 5.43. The molecule has 31 heavy (non-hydrogen) atoms. The summed E-state index contributed by atoms with van der Waals surface area (Å²) in [7, 11) is 1.68. The molecule has 2 N–H and O–H groups in total. The van der Waals surface area contributed by atoms with Crippen molar-refractivity contribution in [3.8, 4) is 5.75 Å². The topological polar surface area (TPSA) is 58.1 Å². The van der Waals surface area contributed by atoms with E-state index < -0.39 is 0 Å². The normalized spacial score (nSPS) is 13.5. The highest BCUT2D eigenvalue weighted by atomic mass is 16.5. The summed E-state index contributed by atoms with van der Waals surface area (Å²) < 4.78 is 10.7.